The molecule has 1 N–H and O–H groups in total. The van der Waals surface area contributed by atoms with Crippen molar-refractivity contribution in [2.75, 3.05) is 0 Å². The highest BCUT2D eigenvalue weighted by molar-refractivity contribution is 6.31. The smallest absolute Gasteiger partial charge is 0.355 e. The van der Waals surface area contributed by atoms with Gasteiger partial charge in [-0.1, -0.05) is 11.6 Å². The molecule has 0 aliphatic rings. The summed E-state index contributed by atoms with van der Waals surface area (Å²) in [6.07, 6.45) is -2.94. The summed E-state index contributed by atoms with van der Waals surface area (Å²) in [6, 6.07) is 1.20. The largest absolute Gasteiger partial charge is 0.476 e. The number of pyridine rings is 1. The number of hydrogen-bond acceptors (Lipinski definition) is 2. The van der Waals surface area contributed by atoms with E-state index in [1.807, 2.05) is 0 Å². The third-order valence-electron chi connectivity index (χ3n) is 1.56. The second-order valence-electron chi connectivity index (χ2n) is 2.61. The van der Waals surface area contributed by atoms with Crippen molar-refractivity contribution in [3.8, 4) is 0 Å². The minimum absolute atomic E-state index is 0.273. The van der Waals surface area contributed by atoms with Gasteiger partial charge in [-0.15, -0.1) is 0 Å². The van der Waals surface area contributed by atoms with Crippen molar-refractivity contribution in [2.45, 2.75) is 13.3 Å². The summed E-state index contributed by atoms with van der Waals surface area (Å²) in [5, 5.41) is 8.34. The number of aryl methyl sites for hydroxylation is 1. The molecule has 0 aliphatic carbocycles. The maximum atomic E-state index is 12.4. The Bertz CT molecular complexity index is 382. The molecule has 1 aromatic heterocycles. The standard InChI is InChI=1S/C8H6ClF2NO2/c1-3-2-4(9)5(7(10)11)6(12-3)8(13)14/h2,7H,1H3,(H,13,14). The fourth-order valence-corrected chi connectivity index (χ4v) is 1.34. The predicted octanol–water partition coefficient (Wildman–Crippen LogP) is 2.68. The van der Waals surface area contributed by atoms with E-state index in [1.165, 1.54) is 13.0 Å². The second kappa shape index (κ2) is 3.88. The Morgan fingerprint density at radius 3 is 2.64 bits per heavy atom. The average molecular weight is 222 g/mol. The van der Waals surface area contributed by atoms with Crippen molar-refractivity contribution >= 4 is 17.6 Å². The van der Waals surface area contributed by atoms with Gasteiger partial charge in [0.1, 0.15) is 0 Å². The van der Waals surface area contributed by atoms with Gasteiger partial charge in [-0.05, 0) is 13.0 Å². The zero-order chi connectivity index (χ0) is 10.9. The van der Waals surface area contributed by atoms with E-state index < -0.39 is 23.7 Å². The van der Waals surface area contributed by atoms with Gasteiger partial charge < -0.3 is 5.11 Å². The van der Waals surface area contributed by atoms with Gasteiger partial charge >= 0.3 is 5.97 Å². The molecule has 14 heavy (non-hydrogen) atoms. The first kappa shape index (κ1) is 10.8. The topological polar surface area (TPSA) is 50.2 Å². The minimum atomic E-state index is -2.94. The number of rotatable bonds is 2. The maximum Gasteiger partial charge on any atom is 0.355 e. The first-order chi connectivity index (χ1) is 6.43. The van der Waals surface area contributed by atoms with Crippen molar-refractivity contribution in [2.24, 2.45) is 0 Å². The number of aromatic carboxylic acids is 1. The summed E-state index contributed by atoms with van der Waals surface area (Å²) in [5.74, 6) is -1.51. The van der Waals surface area contributed by atoms with Crippen molar-refractivity contribution in [1.82, 2.24) is 4.98 Å². The fraction of sp³-hybridized carbons (Fsp3) is 0.250. The molecule has 0 radical (unpaired) electrons. The normalized spacial score (nSPS) is 10.6. The molecule has 0 saturated heterocycles. The third kappa shape index (κ3) is 1.98. The SMILES string of the molecule is Cc1cc(Cl)c(C(F)F)c(C(=O)O)n1. The molecule has 0 amide bonds. The van der Waals surface area contributed by atoms with Gasteiger partial charge in [0.25, 0.3) is 6.43 Å². The lowest BCUT2D eigenvalue weighted by molar-refractivity contribution is 0.0677. The lowest BCUT2D eigenvalue weighted by Crippen LogP contribution is -2.08. The summed E-state index contributed by atoms with van der Waals surface area (Å²) < 4.78 is 24.8. The summed E-state index contributed by atoms with van der Waals surface area (Å²) in [7, 11) is 0. The van der Waals surface area contributed by atoms with Crippen molar-refractivity contribution < 1.29 is 18.7 Å². The van der Waals surface area contributed by atoms with Crippen molar-refractivity contribution in [3.05, 3.63) is 28.0 Å². The molecule has 0 bridgehead atoms. The summed E-state index contributed by atoms with van der Waals surface area (Å²) in [6.45, 7) is 1.48. The molecule has 0 spiro atoms. The van der Waals surface area contributed by atoms with Crippen LogP contribution in [0.5, 0.6) is 0 Å². The first-order valence-electron chi connectivity index (χ1n) is 3.62. The average Bonchev–Trinajstić information content (AvgIpc) is 2.01. The summed E-state index contributed by atoms with van der Waals surface area (Å²) in [5.41, 5.74) is -1.13. The summed E-state index contributed by atoms with van der Waals surface area (Å²) >= 11 is 5.49. The highest BCUT2D eigenvalue weighted by Gasteiger charge is 2.23. The van der Waals surface area contributed by atoms with Crippen molar-refractivity contribution in [1.29, 1.82) is 0 Å². The molecule has 3 nitrogen and oxygen atoms in total. The van der Waals surface area contributed by atoms with Crippen LogP contribution in [0.4, 0.5) is 8.78 Å². The van der Waals surface area contributed by atoms with Crippen LogP contribution >= 0.6 is 11.6 Å². The van der Waals surface area contributed by atoms with Crippen LogP contribution in [0, 0.1) is 6.92 Å². The van der Waals surface area contributed by atoms with Gasteiger partial charge in [-0.2, -0.15) is 0 Å². The van der Waals surface area contributed by atoms with E-state index in [-0.39, 0.29) is 10.7 Å². The number of carboxylic acids is 1. The lowest BCUT2D eigenvalue weighted by atomic mass is 10.2. The molecule has 0 fully saturated rings. The quantitative estimate of drug-likeness (QED) is 0.835. The minimum Gasteiger partial charge on any atom is -0.476 e. The highest BCUT2D eigenvalue weighted by Crippen LogP contribution is 2.29. The van der Waals surface area contributed by atoms with E-state index in [2.05, 4.69) is 4.98 Å². The second-order valence-corrected chi connectivity index (χ2v) is 3.02. The number of aromatic nitrogens is 1. The molecular weight excluding hydrogens is 216 g/mol. The highest BCUT2D eigenvalue weighted by atomic mass is 35.5. The van der Waals surface area contributed by atoms with Crippen LogP contribution in [-0.4, -0.2) is 16.1 Å². The molecule has 6 heteroatoms. The molecule has 1 aromatic rings. The van der Waals surface area contributed by atoms with Crippen LogP contribution in [0.1, 0.15) is 28.2 Å². The number of hydrogen-bond donors (Lipinski definition) is 1. The Morgan fingerprint density at radius 2 is 2.21 bits per heavy atom. The van der Waals surface area contributed by atoms with Gasteiger partial charge in [0, 0.05) is 5.69 Å². The molecule has 0 saturated carbocycles. The number of carboxylic acid groups (broad SMARTS) is 1. The Morgan fingerprint density at radius 1 is 1.64 bits per heavy atom. The van der Waals surface area contributed by atoms with Gasteiger partial charge in [0.2, 0.25) is 0 Å². The number of alkyl halides is 2. The van der Waals surface area contributed by atoms with Gasteiger partial charge in [-0.25, -0.2) is 18.6 Å². The van der Waals surface area contributed by atoms with E-state index in [9.17, 15) is 13.6 Å². The van der Waals surface area contributed by atoms with Crippen LogP contribution in [0.25, 0.3) is 0 Å². The van der Waals surface area contributed by atoms with E-state index in [4.69, 9.17) is 16.7 Å². The van der Waals surface area contributed by atoms with Crippen LogP contribution in [0.15, 0.2) is 6.07 Å². The van der Waals surface area contributed by atoms with Crippen LogP contribution < -0.4 is 0 Å². The maximum absolute atomic E-state index is 12.4. The summed E-state index contributed by atoms with van der Waals surface area (Å²) in [4.78, 5) is 14.1. The number of nitrogens with zero attached hydrogens (tertiary/aromatic N) is 1. The number of halogens is 3. The van der Waals surface area contributed by atoms with E-state index >= 15 is 0 Å². The Labute approximate surface area is 83.3 Å². The van der Waals surface area contributed by atoms with Crippen LogP contribution in [0.2, 0.25) is 5.02 Å². The molecule has 0 aliphatic heterocycles. The first-order valence-corrected chi connectivity index (χ1v) is 3.99. The zero-order valence-electron chi connectivity index (χ0n) is 7.09. The molecule has 0 unspecified atom stereocenters. The number of carbonyl (C=O) groups is 1. The van der Waals surface area contributed by atoms with Crippen LogP contribution in [0.3, 0.4) is 0 Å². The fourth-order valence-electron chi connectivity index (χ4n) is 1.01. The molecular formula is C8H6ClF2NO2. The van der Waals surface area contributed by atoms with E-state index in [0.717, 1.165) is 0 Å². The van der Waals surface area contributed by atoms with Crippen molar-refractivity contribution in [3.63, 3.8) is 0 Å². The van der Waals surface area contributed by atoms with Gasteiger partial charge in [0.05, 0.1) is 10.6 Å². The Balaban J connectivity index is 3.44. The molecule has 1 heterocycles. The Kier molecular flexibility index (Phi) is 3.00. The van der Waals surface area contributed by atoms with Crippen LogP contribution in [-0.2, 0) is 0 Å². The Hall–Kier alpha value is -1.23. The monoisotopic (exact) mass is 221 g/mol. The van der Waals surface area contributed by atoms with Gasteiger partial charge in [0.15, 0.2) is 5.69 Å². The van der Waals surface area contributed by atoms with E-state index in [1.54, 1.807) is 0 Å². The molecule has 1 rings (SSSR count). The molecule has 0 aromatic carbocycles. The molecule has 76 valence electrons. The van der Waals surface area contributed by atoms with Gasteiger partial charge in [-0.3, -0.25) is 0 Å². The zero-order valence-corrected chi connectivity index (χ0v) is 7.85. The predicted molar refractivity (Wildman–Crippen MR) is 45.9 cm³/mol. The molecule has 0 atom stereocenters. The lowest BCUT2D eigenvalue weighted by Gasteiger charge is -2.07. The van der Waals surface area contributed by atoms with E-state index in [0.29, 0.717) is 0 Å². The third-order valence-corrected chi connectivity index (χ3v) is 1.87.